The summed E-state index contributed by atoms with van der Waals surface area (Å²) in [5.41, 5.74) is 0.576. The molecular weight excluding hydrogens is 555 g/mol. The molecule has 1 aliphatic rings. The maximum Gasteiger partial charge on any atom is 0.341 e. The number of esters is 1. The summed E-state index contributed by atoms with van der Waals surface area (Å²) >= 11 is 12.2. The van der Waals surface area contributed by atoms with Crippen molar-refractivity contribution in [2.24, 2.45) is 4.99 Å². The van der Waals surface area contributed by atoms with Gasteiger partial charge in [0.2, 0.25) is 0 Å². The molecule has 1 atom stereocenters. The van der Waals surface area contributed by atoms with E-state index in [9.17, 15) is 14.4 Å². The highest BCUT2D eigenvalue weighted by Crippen LogP contribution is 2.30. The van der Waals surface area contributed by atoms with Gasteiger partial charge in [-0.2, -0.15) is 4.99 Å². The van der Waals surface area contributed by atoms with Gasteiger partial charge in [-0.25, -0.2) is 9.78 Å². The molecule has 1 saturated carbocycles. The Bertz CT molecular complexity index is 1740. The van der Waals surface area contributed by atoms with E-state index in [2.05, 4.69) is 4.99 Å². The number of nitrogens with zero attached hydrogens (tertiary/aromatic N) is 4. The Balaban J connectivity index is 1.75. The van der Waals surface area contributed by atoms with E-state index in [1.54, 1.807) is 54.9 Å². The summed E-state index contributed by atoms with van der Waals surface area (Å²) in [5, 5.41) is 0.917. The van der Waals surface area contributed by atoms with E-state index in [0.29, 0.717) is 16.3 Å². The molecule has 208 valence electrons. The minimum atomic E-state index is -1.04. The van der Waals surface area contributed by atoms with Crippen LogP contribution >= 0.6 is 23.2 Å². The minimum Gasteiger partial charge on any atom is -0.479 e. The molecule has 0 N–H and O–H groups in total. The van der Waals surface area contributed by atoms with Gasteiger partial charge in [-0.05, 0) is 63.1 Å². The topological polar surface area (TPSA) is 104 Å². The number of hydrogen-bond donors (Lipinski definition) is 0. The van der Waals surface area contributed by atoms with Crippen molar-refractivity contribution >= 4 is 51.8 Å². The standard InChI is InChI=1S/C29H28Cl2N4O5/c1-3-39-29(38)21-16-20-25(32-24-11-7-8-14-34(24)28(20)37)35(19-9-5-4-6-10-19)26(21)33-27(36)17(2)40-23-13-12-18(30)15-22(23)31/h7-8,11-17,19H,3-6,9-10H2,1-2H3/t17-/m1/s1. The number of fused-ring (bicyclic) bond motifs is 2. The second kappa shape index (κ2) is 11.8. The summed E-state index contributed by atoms with van der Waals surface area (Å²) in [7, 11) is 0. The Morgan fingerprint density at radius 2 is 1.90 bits per heavy atom. The van der Waals surface area contributed by atoms with Gasteiger partial charge >= 0.3 is 5.97 Å². The van der Waals surface area contributed by atoms with Gasteiger partial charge in [0.25, 0.3) is 11.5 Å². The van der Waals surface area contributed by atoms with E-state index < -0.39 is 18.0 Å². The average molecular weight is 583 g/mol. The zero-order valence-corrected chi connectivity index (χ0v) is 23.6. The van der Waals surface area contributed by atoms with E-state index in [1.807, 2.05) is 0 Å². The summed E-state index contributed by atoms with van der Waals surface area (Å²) in [6.45, 7) is 3.34. The number of amides is 1. The van der Waals surface area contributed by atoms with Crippen LogP contribution in [0.4, 0.5) is 0 Å². The Morgan fingerprint density at radius 3 is 2.62 bits per heavy atom. The highest BCUT2D eigenvalue weighted by Gasteiger charge is 2.26. The smallest absolute Gasteiger partial charge is 0.341 e. The summed E-state index contributed by atoms with van der Waals surface area (Å²) < 4.78 is 14.3. The second-order valence-electron chi connectivity index (χ2n) is 9.63. The second-order valence-corrected chi connectivity index (χ2v) is 10.5. The molecule has 9 nitrogen and oxygen atoms in total. The first-order valence-corrected chi connectivity index (χ1v) is 14.0. The van der Waals surface area contributed by atoms with E-state index in [-0.39, 0.29) is 45.4 Å². The summed E-state index contributed by atoms with van der Waals surface area (Å²) in [5.74, 6) is -1.06. The number of halogens is 2. The first kappa shape index (κ1) is 27.9. The van der Waals surface area contributed by atoms with Crippen LogP contribution < -0.4 is 15.8 Å². The summed E-state index contributed by atoms with van der Waals surface area (Å²) in [6.07, 6.45) is 5.13. The molecule has 1 aliphatic carbocycles. The predicted octanol–water partition coefficient (Wildman–Crippen LogP) is 5.53. The average Bonchev–Trinajstić information content (AvgIpc) is 2.95. The van der Waals surface area contributed by atoms with Crippen LogP contribution in [-0.2, 0) is 9.53 Å². The molecule has 0 radical (unpaired) electrons. The molecule has 0 aliphatic heterocycles. The maximum atomic E-state index is 13.6. The lowest BCUT2D eigenvalue weighted by Gasteiger charge is -2.27. The number of hydrogen-bond acceptors (Lipinski definition) is 6. The fourth-order valence-corrected chi connectivity index (χ4v) is 5.46. The first-order valence-electron chi connectivity index (χ1n) is 13.2. The lowest BCUT2D eigenvalue weighted by Crippen LogP contribution is -2.37. The number of carbonyl (C=O) groups excluding carboxylic acids is 2. The molecule has 4 aromatic rings. The van der Waals surface area contributed by atoms with Crippen LogP contribution in [0.25, 0.3) is 16.7 Å². The minimum absolute atomic E-state index is 0.0137. The molecule has 11 heteroatoms. The molecule has 0 spiro atoms. The van der Waals surface area contributed by atoms with Gasteiger partial charge in [-0.1, -0.05) is 48.5 Å². The van der Waals surface area contributed by atoms with Crippen LogP contribution in [0.5, 0.6) is 5.75 Å². The van der Waals surface area contributed by atoms with Crippen molar-refractivity contribution in [2.45, 2.75) is 58.1 Å². The lowest BCUT2D eigenvalue weighted by molar-refractivity contribution is -0.124. The van der Waals surface area contributed by atoms with Crippen LogP contribution in [-0.4, -0.2) is 38.5 Å². The third-order valence-corrected chi connectivity index (χ3v) is 7.46. The molecule has 3 heterocycles. The van der Waals surface area contributed by atoms with Crippen molar-refractivity contribution in [1.29, 1.82) is 0 Å². The van der Waals surface area contributed by atoms with Crippen LogP contribution in [0.2, 0.25) is 10.0 Å². The van der Waals surface area contributed by atoms with E-state index in [0.717, 1.165) is 32.1 Å². The Hall–Kier alpha value is -3.69. The summed E-state index contributed by atoms with van der Waals surface area (Å²) in [4.78, 5) is 49.5. The van der Waals surface area contributed by atoms with Crippen LogP contribution in [0.1, 0.15) is 62.4 Å². The van der Waals surface area contributed by atoms with Crippen molar-refractivity contribution in [3.63, 3.8) is 0 Å². The highest BCUT2D eigenvalue weighted by molar-refractivity contribution is 6.35. The van der Waals surface area contributed by atoms with Crippen molar-refractivity contribution in [1.82, 2.24) is 14.0 Å². The number of rotatable bonds is 6. The molecule has 3 aromatic heterocycles. The van der Waals surface area contributed by atoms with Gasteiger partial charge in [0, 0.05) is 17.3 Å². The third-order valence-electron chi connectivity index (χ3n) is 6.93. The number of carbonyl (C=O) groups is 2. The quantitative estimate of drug-likeness (QED) is 0.218. The van der Waals surface area contributed by atoms with Crippen molar-refractivity contribution in [2.75, 3.05) is 6.61 Å². The molecule has 40 heavy (non-hydrogen) atoms. The fourth-order valence-electron chi connectivity index (χ4n) is 5.01. The Morgan fingerprint density at radius 1 is 1.12 bits per heavy atom. The first-order chi connectivity index (χ1) is 19.3. The zero-order valence-electron chi connectivity index (χ0n) is 22.1. The third kappa shape index (κ3) is 5.48. The van der Waals surface area contributed by atoms with Crippen molar-refractivity contribution < 1.29 is 19.1 Å². The number of benzene rings is 1. The van der Waals surface area contributed by atoms with Gasteiger partial charge in [0.05, 0.1) is 17.0 Å². The van der Waals surface area contributed by atoms with E-state index in [1.165, 1.54) is 16.5 Å². The van der Waals surface area contributed by atoms with Crippen LogP contribution in [0, 0.1) is 0 Å². The maximum absolute atomic E-state index is 13.6. The van der Waals surface area contributed by atoms with E-state index >= 15 is 0 Å². The predicted molar refractivity (Wildman–Crippen MR) is 152 cm³/mol. The molecule has 1 amide bonds. The number of pyridine rings is 2. The van der Waals surface area contributed by atoms with Crippen LogP contribution in [0.15, 0.2) is 58.4 Å². The van der Waals surface area contributed by atoms with Gasteiger partial charge in [0.15, 0.2) is 11.6 Å². The highest BCUT2D eigenvalue weighted by atomic mass is 35.5. The zero-order chi connectivity index (χ0) is 28.4. The van der Waals surface area contributed by atoms with Crippen molar-refractivity contribution in [3.8, 4) is 5.75 Å². The normalized spacial score (nSPS) is 15.3. The molecule has 5 rings (SSSR count). The number of aromatic nitrogens is 3. The lowest BCUT2D eigenvalue weighted by atomic mass is 9.94. The Kier molecular flexibility index (Phi) is 8.23. The SMILES string of the molecule is CCOC(=O)c1cc2c(=O)n3ccccc3nc2n(C2CCCCC2)c1=NC(=O)[C@@H](C)Oc1ccc(Cl)cc1Cl. The number of ether oxygens (including phenoxy) is 2. The van der Waals surface area contributed by atoms with Gasteiger partial charge in [-0.3, -0.25) is 14.0 Å². The van der Waals surface area contributed by atoms with Gasteiger partial charge in [-0.15, -0.1) is 0 Å². The van der Waals surface area contributed by atoms with E-state index in [4.69, 9.17) is 37.7 Å². The molecular formula is C29H28Cl2N4O5. The molecule has 0 unspecified atom stereocenters. The van der Waals surface area contributed by atoms with Crippen LogP contribution in [0.3, 0.4) is 0 Å². The largest absolute Gasteiger partial charge is 0.479 e. The Labute approximate surface area is 240 Å². The fraction of sp³-hybridized carbons (Fsp3) is 0.345. The molecule has 1 fully saturated rings. The van der Waals surface area contributed by atoms with Crippen molar-refractivity contribution in [3.05, 3.63) is 80.1 Å². The summed E-state index contributed by atoms with van der Waals surface area (Å²) in [6, 6.07) is 11.2. The molecule has 1 aromatic carbocycles. The van der Waals surface area contributed by atoms with Gasteiger partial charge in [0.1, 0.15) is 22.6 Å². The molecule has 0 bridgehead atoms. The van der Waals surface area contributed by atoms with Gasteiger partial charge < -0.3 is 14.0 Å². The monoisotopic (exact) mass is 582 g/mol. The molecule has 0 saturated heterocycles.